The van der Waals surface area contributed by atoms with Gasteiger partial charge in [-0.2, -0.15) is 0 Å². The second-order valence-corrected chi connectivity index (χ2v) is 5.63. The average molecular weight is 273 g/mol. The number of nitrogens with zero attached hydrogens (tertiary/aromatic N) is 2. The Bertz CT molecular complexity index is 298. The topological polar surface area (TPSA) is 6.48 Å². The molecule has 0 N–H and O–H groups in total. The van der Waals surface area contributed by atoms with Gasteiger partial charge in [0.1, 0.15) is 5.00 Å². The zero-order valence-electron chi connectivity index (χ0n) is 14.0. The smallest absolute Gasteiger partial charge is 0.115 e. The number of thiophene rings is 1. The SMILES string of the molecule is CC.CC.CN(C)c1ccsc1N(C)C(C)(C)C. The summed E-state index contributed by atoms with van der Waals surface area (Å²) < 4.78 is 0. The molecular formula is C15H32N2S. The van der Waals surface area contributed by atoms with Crippen LogP contribution in [0.1, 0.15) is 48.5 Å². The highest BCUT2D eigenvalue weighted by Gasteiger charge is 2.21. The van der Waals surface area contributed by atoms with Crippen molar-refractivity contribution in [3.63, 3.8) is 0 Å². The second kappa shape index (κ2) is 9.26. The fourth-order valence-electron chi connectivity index (χ4n) is 1.19. The second-order valence-electron chi connectivity index (χ2n) is 4.74. The van der Waals surface area contributed by atoms with Crippen LogP contribution >= 0.6 is 11.3 Å². The van der Waals surface area contributed by atoms with Crippen LogP contribution in [-0.4, -0.2) is 26.7 Å². The highest BCUT2D eigenvalue weighted by Crippen LogP contribution is 2.36. The molecule has 18 heavy (non-hydrogen) atoms. The van der Waals surface area contributed by atoms with Gasteiger partial charge in [-0.1, -0.05) is 27.7 Å². The van der Waals surface area contributed by atoms with E-state index >= 15 is 0 Å². The van der Waals surface area contributed by atoms with E-state index in [1.54, 1.807) is 11.3 Å². The van der Waals surface area contributed by atoms with E-state index in [0.717, 1.165) is 0 Å². The Morgan fingerprint density at radius 3 is 1.72 bits per heavy atom. The minimum atomic E-state index is 0.176. The molecule has 0 saturated carbocycles. The highest BCUT2D eigenvalue weighted by molar-refractivity contribution is 7.14. The Morgan fingerprint density at radius 2 is 1.39 bits per heavy atom. The summed E-state index contributed by atoms with van der Waals surface area (Å²) in [5.74, 6) is 0. The lowest BCUT2D eigenvalue weighted by atomic mass is 10.1. The van der Waals surface area contributed by atoms with Crippen LogP contribution in [0, 0.1) is 0 Å². The predicted molar refractivity (Wildman–Crippen MR) is 89.5 cm³/mol. The molecule has 0 bridgehead atoms. The van der Waals surface area contributed by atoms with Crippen molar-refractivity contribution in [2.75, 3.05) is 30.9 Å². The van der Waals surface area contributed by atoms with Crippen LogP contribution in [-0.2, 0) is 0 Å². The molecule has 0 spiro atoms. The quantitative estimate of drug-likeness (QED) is 0.739. The van der Waals surface area contributed by atoms with Gasteiger partial charge >= 0.3 is 0 Å². The molecular weight excluding hydrogens is 240 g/mol. The number of hydrogen-bond acceptors (Lipinski definition) is 3. The Balaban J connectivity index is 0. The van der Waals surface area contributed by atoms with Crippen molar-refractivity contribution in [1.82, 2.24) is 0 Å². The molecule has 1 rings (SSSR count). The molecule has 108 valence electrons. The lowest BCUT2D eigenvalue weighted by molar-refractivity contribution is 0.542. The molecule has 1 aromatic rings. The van der Waals surface area contributed by atoms with Gasteiger partial charge in [-0.25, -0.2) is 0 Å². The largest absolute Gasteiger partial charge is 0.375 e. The van der Waals surface area contributed by atoms with Crippen molar-refractivity contribution in [1.29, 1.82) is 0 Å². The first-order valence-corrected chi connectivity index (χ1v) is 7.70. The van der Waals surface area contributed by atoms with Gasteiger partial charge in [0, 0.05) is 26.7 Å². The number of anilines is 2. The minimum Gasteiger partial charge on any atom is -0.375 e. The summed E-state index contributed by atoms with van der Waals surface area (Å²) in [6.45, 7) is 14.7. The van der Waals surface area contributed by atoms with E-state index in [0.29, 0.717) is 0 Å². The van der Waals surface area contributed by atoms with Gasteiger partial charge in [0.15, 0.2) is 0 Å². The van der Waals surface area contributed by atoms with Crippen LogP contribution in [0.3, 0.4) is 0 Å². The van der Waals surface area contributed by atoms with Crippen molar-refractivity contribution in [2.45, 2.75) is 54.0 Å². The number of hydrogen-bond donors (Lipinski definition) is 0. The van der Waals surface area contributed by atoms with E-state index in [1.807, 2.05) is 27.7 Å². The summed E-state index contributed by atoms with van der Waals surface area (Å²) in [7, 11) is 6.32. The Hall–Kier alpha value is -0.700. The van der Waals surface area contributed by atoms with Crippen LogP contribution in [0.4, 0.5) is 10.7 Å². The van der Waals surface area contributed by atoms with Gasteiger partial charge in [-0.15, -0.1) is 11.3 Å². The maximum atomic E-state index is 2.33. The van der Waals surface area contributed by atoms with Crippen molar-refractivity contribution in [3.05, 3.63) is 11.4 Å². The molecule has 1 aromatic heterocycles. The first-order chi connectivity index (χ1) is 8.34. The maximum Gasteiger partial charge on any atom is 0.115 e. The van der Waals surface area contributed by atoms with Crippen LogP contribution in [0.25, 0.3) is 0 Å². The summed E-state index contributed by atoms with van der Waals surface area (Å²) in [5, 5.41) is 3.48. The van der Waals surface area contributed by atoms with Crippen LogP contribution in [0.2, 0.25) is 0 Å². The first-order valence-electron chi connectivity index (χ1n) is 6.82. The molecule has 1 heterocycles. The zero-order chi connectivity index (χ0) is 14.9. The molecule has 0 atom stereocenters. The third-order valence-corrected chi connectivity index (χ3v) is 3.40. The third-order valence-electron chi connectivity index (χ3n) is 2.42. The van der Waals surface area contributed by atoms with Crippen LogP contribution < -0.4 is 9.80 Å². The Morgan fingerprint density at radius 1 is 0.944 bits per heavy atom. The first kappa shape index (κ1) is 19.6. The summed E-state index contributed by atoms with van der Waals surface area (Å²) in [6.07, 6.45) is 0. The normalized spacial score (nSPS) is 9.67. The van der Waals surface area contributed by atoms with Crippen molar-refractivity contribution in [2.24, 2.45) is 0 Å². The van der Waals surface area contributed by atoms with E-state index in [-0.39, 0.29) is 5.54 Å². The van der Waals surface area contributed by atoms with Gasteiger partial charge in [0.25, 0.3) is 0 Å². The van der Waals surface area contributed by atoms with E-state index < -0.39 is 0 Å². The molecule has 3 heteroatoms. The van der Waals surface area contributed by atoms with E-state index in [1.165, 1.54) is 10.7 Å². The molecule has 0 aliphatic carbocycles. The molecule has 0 fully saturated rings. The van der Waals surface area contributed by atoms with Crippen LogP contribution in [0.5, 0.6) is 0 Å². The van der Waals surface area contributed by atoms with E-state index in [2.05, 4.69) is 63.2 Å². The summed E-state index contributed by atoms with van der Waals surface area (Å²) in [4.78, 5) is 4.49. The summed E-state index contributed by atoms with van der Waals surface area (Å²) >= 11 is 1.80. The Labute approximate surface area is 119 Å². The molecule has 0 aliphatic heterocycles. The average Bonchev–Trinajstić information content (AvgIpc) is 2.81. The van der Waals surface area contributed by atoms with Gasteiger partial charge in [-0.05, 0) is 32.2 Å². The van der Waals surface area contributed by atoms with Crippen molar-refractivity contribution in [3.8, 4) is 0 Å². The molecule has 0 aliphatic rings. The molecule has 0 aromatic carbocycles. The predicted octanol–water partition coefficient (Wildman–Crippen LogP) is 5.10. The fourth-order valence-corrected chi connectivity index (χ4v) is 2.32. The fraction of sp³-hybridized carbons (Fsp3) is 0.733. The van der Waals surface area contributed by atoms with Crippen LogP contribution in [0.15, 0.2) is 11.4 Å². The standard InChI is InChI=1S/C11H20N2S.2C2H6/c1-11(2,3)13(6)10-9(12(4)5)7-8-14-10;2*1-2/h7-8H,1-6H3;2*1-2H3. The lowest BCUT2D eigenvalue weighted by Crippen LogP contribution is -2.38. The molecule has 0 unspecified atom stereocenters. The maximum absolute atomic E-state index is 2.33. The van der Waals surface area contributed by atoms with Gasteiger partial charge in [0.05, 0.1) is 5.69 Å². The Kier molecular flexibility index (Phi) is 10.1. The van der Waals surface area contributed by atoms with E-state index in [4.69, 9.17) is 0 Å². The van der Waals surface area contributed by atoms with Gasteiger partial charge in [0.2, 0.25) is 0 Å². The highest BCUT2D eigenvalue weighted by atomic mass is 32.1. The third kappa shape index (κ3) is 5.76. The minimum absolute atomic E-state index is 0.176. The molecule has 0 amide bonds. The van der Waals surface area contributed by atoms with Crippen molar-refractivity contribution >= 4 is 22.0 Å². The molecule has 0 radical (unpaired) electrons. The molecule has 2 nitrogen and oxygen atoms in total. The van der Waals surface area contributed by atoms with E-state index in [9.17, 15) is 0 Å². The van der Waals surface area contributed by atoms with Gasteiger partial charge < -0.3 is 9.80 Å². The number of rotatable bonds is 2. The molecule has 0 saturated heterocycles. The van der Waals surface area contributed by atoms with Gasteiger partial charge in [-0.3, -0.25) is 0 Å². The lowest BCUT2D eigenvalue weighted by Gasteiger charge is -2.34. The summed E-state index contributed by atoms with van der Waals surface area (Å²) in [6, 6.07) is 2.17. The zero-order valence-corrected chi connectivity index (χ0v) is 14.8. The summed E-state index contributed by atoms with van der Waals surface area (Å²) in [5.41, 5.74) is 1.47. The monoisotopic (exact) mass is 272 g/mol. The van der Waals surface area contributed by atoms with Crippen molar-refractivity contribution < 1.29 is 0 Å².